The van der Waals surface area contributed by atoms with E-state index in [4.69, 9.17) is 23.2 Å². The van der Waals surface area contributed by atoms with E-state index in [0.717, 1.165) is 11.1 Å². The van der Waals surface area contributed by atoms with Crippen molar-refractivity contribution in [2.45, 2.75) is 5.75 Å². The quantitative estimate of drug-likeness (QED) is 0.668. The molecule has 1 aliphatic rings. The molecule has 1 saturated heterocycles. The van der Waals surface area contributed by atoms with E-state index < -0.39 is 10.0 Å². The number of halogens is 2. The molecule has 3 rings (SSSR count). The molecule has 148 valence electrons. The minimum Gasteiger partial charge on any atom is -0.337 e. The first-order valence-electron chi connectivity index (χ1n) is 8.78. The smallest absolute Gasteiger partial charge is 0.246 e. The molecule has 0 bridgehead atoms. The van der Waals surface area contributed by atoms with Crippen LogP contribution >= 0.6 is 23.2 Å². The Morgan fingerprint density at radius 3 is 2.18 bits per heavy atom. The van der Waals surface area contributed by atoms with Crippen molar-refractivity contribution >= 4 is 45.2 Å². The van der Waals surface area contributed by atoms with Gasteiger partial charge in [0.15, 0.2) is 0 Å². The summed E-state index contributed by atoms with van der Waals surface area (Å²) in [6, 6.07) is 14.1. The van der Waals surface area contributed by atoms with E-state index in [2.05, 4.69) is 0 Å². The molecule has 0 saturated carbocycles. The average Bonchev–Trinajstić information content (AvgIpc) is 2.66. The summed E-state index contributed by atoms with van der Waals surface area (Å²) in [5, 5.41) is 0.994. The number of amides is 1. The van der Waals surface area contributed by atoms with Gasteiger partial charge in [-0.3, -0.25) is 4.79 Å². The summed E-state index contributed by atoms with van der Waals surface area (Å²) in [5.74, 6) is -0.201. The van der Waals surface area contributed by atoms with E-state index in [1.165, 1.54) is 10.4 Å². The van der Waals surface area contributed by atoms with Gasteiger partial charge in [0.1, 0.15) is 0 Å². The van der Waals surface area contributed by atoms with Gasteiger partial charge in [-0.2, -0.15) is 4.31 Å². The lowest BCUT2D eigenvalue weighted by Crippen LogP contribution is -2.50. The highest BCUT2D eigenvalue weighted by atomic mass is 35.5. The number of hydrogen-bond donors (Lipinski definition) is 0. The second-order valence-electron chi connectivity index (χ2n) is 6.50. The molecule has 8 heteroatoms. The third-order valence-electron chi connectivity index (χ3n) is 4.44. The summed E-state index contributed by atoms with van der Waals surface area (Å²) < 4.78 is 26.6. The first-order valence-corrected chi connectivity index (χ1v) is 11.1. The molecule has 28 heavy (non-hydrogen) atoms. The topological polar surface area (TPSA) is 57.7 Å². The zero-order chi connectivity index (χ0) is 20.1. The van der Waals surface area contributed by atoms with Crippen molar-refractivity contribution in [2.75, 3.05) is 26.2 Å². The van der Waals surface area contributed by atoms with E-state index in [1.54, 1.807) is 41.3 Å². The molecule has 2 aromatic carbocycles. The molecule has 1 heterocycles. The first-order chi connectivity index (χ1) is 13.3. The number of rotatable bonds is 5. The molecule has 0 aromatic heterocycles. The van der Waals surface area contributed by atoms with Crippen molar-refractivity contribution in [3.63, 3.8) is 0 Å². The van der Waals surface area contributed by atoms with Crippen LogP contribution in [0.5, 0.6) is 0 Å². The number of sulfonamides is 1. The zero-order valence-electron chi connectivity index (χ0n) is 15.1. The molecule has 0 unspecified atom stereocenters. The number of carbonyl (C=O) groups is 1. The maximum absolute atomic E-state index is 12.6. The Morgan fingerprint density at radius 1 is 0.964 bits per heavy atom. The van der Waals surface area contributed by atoms with Crippen LogP contribution in [0.15, 0.2) is 54.6 Å². The number of nitrogens with zero attached hydrogens (tertiary/aromatic N) is 2. The molecule has 1 fully saturated rings. The summed E-state index contributed by atoms with van der Waals surface area (Å²) in [6.45, 7) is 1.29. The van der Waals surface area contributed by atoms with Gasteiger partial charge in [-0.1, -0.05) is 53.5 Å². The maximum Gasteiger partial charge on any atom is 0.246 e. The molecular formula is C20H20Cl2N2O3S. The van der Waals surface area contributed by atoms with Gasteiger partial charge in [0.25, 0.3) is 0 Å². The van der Waals surface area contributed by atoms with Crippen LogP contribution in [0.1, 0.15) is 11.1 Å². The predicted octanol–water partition coefficient (Wildman–Crippen LogP) is 3.68. The highest BCUT2D eigenvalue weighted by molar-refractivity contribution is 7.88. The van der Waals surface area contributed by atoms with Crippen LogP contribution in [-0.2, 0) is 20.6 Å². The van der Waals surface area contributed by atoms with Crippen molar-refractivity contribution in [1.82, 2.24) is 9.21 Å². The third-order valence-corrected chi connectivity index (χ3v) is 6.73. The van der Waals surface area contributed by atoms with E-state index in [0.29, 0.717) is 23.1 Å². The molecule has 0 spiro atoms. The fourth-order valence-corrected chi connectivity index (χ4v) is 5.07. The zero-order valence-corrected chi connectivity index (χ0v) is 17.4. The third kappa shape index (κ3) is 5.58. The van der Waals surface area contributed by atoms with Gasteiger partial charge in [0.05, 0.1) is 5.75 Å². The minimum absolute atomic E-state index is 0.0305. The normalized spacial score (nSPS) is 15.9. The Morgan fingerprint density at radius 2 is 1.57 bits per heavy atom. The second-order valence-corrected chi connectivity index (χ2v) is 9.34. The summed E-state index contributed by atoms with van der Waals surface area (Å²) in [4.78, 5) is 14.0. The summed E-state index contributed by atoms with van der Waals surface area (Å²) in [7, 11) is -3.40. The Kier molecular flexibility index (Phi) is 6.78. The van der Waals surface area contributed by atoms with Gasteiger partial charge in [-0.05, 0) is 35.4 Å². The number of benzene rings is 2. The lowest BCUT2D eigenvalue weighted by atomic mass is 10.2. The molecule has 5 nitrogen and oxygen atoms in total. The van der Waals surface area contributed by atoms with Crippen LogP contribution in [0.2, 0.25) is 10.0 Å². The monoisotopic (exact) mass is 438 g/mol. The van der Waals surface area contributed by atoms with Crippen molar-refractivity contribution < 1.29 is 13.2 Å². The number of carbonyl (C=O) groups excluding carboxylic acids is 1. The van der Waals surface area contributed by atoms with Crippen LogP contribution in [0.25, 0.3) is 6.08 Å². The van der Waals surface area contributed by atoms with Gasteiger partial charge in [-0.25, -0.2) is 8.42 Å². The van der Waals surface area contributed by atoms with Crippen LogP contribution in [-0.4, -0.2) is 49.7 Å². The standard InChI is InChI=1S/C20H20Cl2N2O3S/c21-18-12-17(13-19(22)14-18)6-7-20(25)23-8-10-24(11-9-23)28(26,27)15-16-4-2-1-3-5-16/h1-7,12-14H,8-11,15H2. The second kappa shape index (κ2) is 9.09. The van der Waals surface area contributed by atoms with Gasteiger partial charge < -0.3 is 4.90 Å². The highest BCUT2D eigenvalue weighted by Crippen LogP contribution is 2.20. The molecule has 0 N–H and O–H groups in total. The lowest BCUT2D eigenvalue weighted by Gasteiger charge is -2.33. The minimum atomic E-state index is -3.40. The van der Waals surface area contributed by atoms with Crippen LogP contribution in [0, 0.1) is 0 Å². The highest BCUT2D eigenvalue weighted by Gasteiger charge is 2.28. The van der Waals surface area contributed by atoms with Crippen LogP contribution in [0.4, 0.5) is 0 Å². The largest absolute Gasteiger partial charge is 0.337 e. The number of piperazine rings is 1. The Hall–Kier alpha value is -1.86. The van der Waals surface area contributed by atoms with Crippen LogP contribution < -0.4 is 0 Å². The summed E-state index contributed by atoms with van der Waals surface area (Å²) in [5.41, 5.74) is 1.49. The van der Waals surface area contributed by atoms with Crippen molar-refractivity contribution in [3.05, 3.63) is 75.8 Å². The molecule has 0 radical (unpaired) electrons. The average molecular weight is 439 g/mol. The van der Waals surface area contributed by atoms with E-state index >= 15 is 0 Å². The number of hydrogen-bond acceptors (Lipinski definition) is 3. The van der Waals surface area contributed by atoms with Gasteiger partial charge >= 0.3 is 0 Å². The van der Waals surface area contributed by atoms with Gasteiger partial charge in [0.2, 0.25) is 15.9 Å². The van der Waals surface area contributed by atoms with Crippen molar-refractivity contribution in [3.8, 4) is 0 Å². The Bertz CT molecular complexity index is 950. The van der Waals surface area contributed by atoms with Gasteiger partial charge in [-0.15, -0.1) is 0 Å². The lowest BCUT2D eigenvalue weighted by molar-refractivity contribution is -0.127. The molecule has 1 aliphatic heterocycles. The summed E-state index contributed by atoms with van der Waals surface area (Å²) in [6.07, 6.45) is 3.11. The van der Waals surface area contributed by atoms with Crippen molar-refractivity contribution in [2.24, 2.45) is 0 Å². The Labute approximate surface area is 175 Å². The van der Waals surface area contributed by atoms with Crippen molar-refractivity contribution in [1.29, 1.82) is 0 Å². The fraction of sp³-hybridized carbons (Fsp3) is 0.250. The SMILES string of the molecule is O=C(C=Cc1cc(Cl)cc(Cl)c1)N1CCN(S(=O)(=O)Cc2ccccc2)CC1. The predicted molar refractivity (Wildman–Crippen MR) is 113 cm³/mol. The van der Waals surface area contributed by atoms with Gasteiger partial charge in [0, 0.05) is 42.3 Å². The fourth-order valence-electron chi connectivity index (χ4n) is 3.01. The molecule has 0 atom stereocenters. The van der Waals surface area contributed by atoms with E-state index in [9.17, 15) is 13.2 Å². The Balaban J connectivity index is 1.57. The molecule has 1 amide bonds. The first kappa shape index (κ1) is 20.9. The van der Waals surface area contributed by atoms with E-state index in [-0.39, 0.29) is 24.7 Å². The van der Waals surface area contributed by atoms with E-state index in [1.807, 2.05) is 18.2 Å². The maximum atomic E-state index is 12.6. The van der Waals surface area contributed by atoms with Crippen LogP contribution in [0.3, 0.4) is 0 Å². The molecular weight excluding hydrogens is 419 g/mol. The molecule has 2 aromatic rings. The molecule has 0 aliphatic carbocycles. The summed E-state index contributed by atoms with van der Waals surface area (Å²) >= 11 is 11.9.